The smallest absolute Gasteiger partial charge is 0.323 e. The van der Waals surface area contributed by atoms with Gasteiger partial charge in [0.2, 0.25) is 0 Å². The average Bonchev–Trinajstić information content (AvgIpc) is 2.20. The van der Waals surface area contributed by atoms with Gasteiger partial charge in [-0.15, -0.1) is 0 Å². The number of nitrogens with one attached hydrogen (secondary N) is 1. The lowest BCUT2D eigenvalue weighted by Crippen LogP contribution is -2.48. The van der Waals surface area contributed by atoms with Crippen LogP contribution in [-0.2, 0) is 14.3 Å². The Bertz CT molecular complexity index is 310. The Balaban J connectivity index is 4.60. The van der Waals surface area contributed by atoms with Crippen molar-refractivity contribution in [3.05, 3.63) is 0 Å². The van der Waals surface area contributed by atoms with E-state index in [0.29, 0.717) is 19.4 Å². The van der Waals surface area contributed by atoms with E-state index in [2.05, 4.69) is 5.32 Å². The van der Waals surface area contributed by atoms with Crippen LogP contribution in [-0.4, -0.2) is 29.9 Å². The van der Waals surface area contributed by atoms with E-state index in [0.717, 1.165) is 0 Å². The van der Waals surface area contributed by atoms with Crippen LogP contribution in [0.15, 0.2) is 0 Å². The minimum Gasteiger partial charge on any atom is -0.465 e. The number of carbonyl (C=O) groups is 2. The highest BCUT2D eigenvalue weighted by Gasteiger charge is 2.28. The Morgan fingerprint density at radius 3 is 2.00 bits per heavy atom. The molecule has 4 nitrogen and oxygen atoms in total. The van der Waals surface area contributed by atoms with E-state index in [1.807, 2.05) is 41.5 Å². The van der Waals surface area contributed by atoms with Crippen LogP contribution < -0.4 is 5.32 Å². The summed E-state index contributed by atoms with van der Waals surface area (Å²) in [6, 6.07) is -0.425. The molecule has 0 spiro atoms. The monoisotopic (exact) mass is 271 g/mol. The summed E-state index contributed by atoms with van der Waals surface area (Å²) < 4.78 is 5.06. The van der Waals surface area contributed by atoms with Crippen molar-refractivity contribution in [2.24, 2.45) is 5.41 Å². The van der Waals surface area contributed by atoms with Crippen LogP contribution in [0.5, 0.6) is 0 Å². The summed E-state index contributed by atoms with van der Waals surface area (Å²) in [6.45, 7) is 13.8. The molecule has 0 aliphatic rings. The highest BCUT2D eigenvalue weighted by molar-refractivity contribution is 5.84. The third kappa shape index (κ3) is 7.98. The first-order valence-electron chi connectivity index (χ1n) is 6.95. The third-order valence-electron chi connectivity index (χ3n) is 2.67. The molecule has 4 heteroatoms. The number of carbonyl (C=O) groups excluding carboxylic acids is 2. The summed E-state index contributed by atoms with van der Waals surface area (Å²) in [7, 11) is 0. The third-order valence-corrected chi connectivity index (χ3v) is 2.67. The van der Waals surface area contributed by atoms with Gasteiger partial charge in [-0.25, -0.2) is 0 Å². The highest BCUT2D eigenvalue weighted by atomic mass is 16.5. The number of ether oxygens (including phenoxy) is 1. The van der Waals surface area contributed by atoms with Crippen molar-refractivity contribution in [1.82, 2.24) is 5.32 Å². The van der Waals surface area contributed by atoms with E-state index in [9.17, 15) is 9.59 Å². The molecule has 0 amide bonds. The van der Waals surface area contributed by atoms with E-state index in [-0.39, 0.29) is 22.7 Å². The second kappa shape index (κ2) is 7.04. The number of hydrogen-bond acceptors (Lipinski definition) is 4. The lowest BCUT2D eigenvalue weighted by Gasteiger charge is -2.27. The predicted molar refractivity (Wildman–Crippen MR) is 77.0 cm³/mol. The molecule has 19 heavy (non-hydrogen) atoms. The van der Waals surface area contributed by atoms with E-state index in [4.69, 9.17) is 4.74 Å². The molecule has 0 rings (SSSR count). The quantitative estimate of drug-likeness (QED) is 0.755. The Morgan fingerprint density at radius 2 is 1.63 bits per heavy atom. The van der Waals surface area contributed by atoms with Crippen molar-refractivity contribution >= 4 is 11.8 Å². The Kier molecular flexibility index (Phi) is 6.70. The zero-order chi connectivity index (χ0) is 15.3. The number of hydrogen-bond donors (Lipinski definition) is 1. The topological polar surface area (TPSA) is 55.4 Å². The van der Waals surface area contributed by atoms with E-state index in [1.54, 1.807) is 6.92 Å². The van der Waals surface area contributed by atoms with Gasteiger partial charge in [-0.3, -0.25) is 14.9 Å². The lowest BCUT2D eigenvalue weighted by molar-refractivity contribution is -0.146. The maximum Gasteiger partial charge on any atom is 0.323 e. The minimum absolute atomic E-state index is 0.164. The van der Waals surface area contributed by atoms with Gasteiger partial charge in [0.25, 0.3) is 0 Å². The van der Waals surface area contributed by atoms with Gasteiger partial charge in [0.1, 0.15) is 11.8 Å². The molecule has 0 radical (unpaired) electrons. The number of esters is 1. The molecule has 0 saturated carbocycles. The van der Waals surface area contributed by atoms with E-state index < -0.39 is 6.04 Å². The summed E-state index contributed by atoms with van der Waals surface area (Å²) in [4.78, 5) is 23.8. The van der Waals surface area contributed by atoms with E-state index in [1.165, 1.54) is 0 Å². The molecule has 1 N–H and O–H groups in total. The Hall–Kier alpha value is -0.900. The van der Waals surface area contributed by atoms with Crippen LogP contribution in [0, 0.1) is 5.41 Å². The fourth-order valence-corrected chi connectivity index (χ4v) is 1.66. The molecule has 0 aromatic rings. The first kappa shape index (κ1) is 18.1. The van der Waals surface area contributed by atoms with Crippen molar-refractivity contribution in [1.29, 1.82) is 0 Å². The van der Waals surface area contributed by atoms with Gasteiger partial charge in [0, 0.05) is 17.4 Å². The fourth-order valence-electron chi connectivity index (χ4n) is 1.66. The molecule has 0 saturated heterocycles. The van der Waals surface area contributed by atoms with Crippen LogP contribution in [0.2, 0.25) is 0 Å². The molecule has 0 heterocycles. The molecule has 1 unspecified atom stereocenters. The van der Waals surface area contributed by atoms with Gasteiger partial charge in [0.05, 0.1) is 6.61 Å². The summed E-state index contributed by atoms with van der Waals surface area (Å²) >= 11 is 0. The van der Waals surface area contributed by atoms with Gasteiger partial charge in [-0.05, 0) is 34.1 Å². The first-order valence-corrected chi connectivity index (χ1v) is 6.95. The maximum atomic E-state index is 11.9. The molecule has 0 aromatic heterocycles. The number of ketones is 1. The standard InChI is InChI=1S/C15H29NO3/c1-8-19-13(18)11(16-15(5,6)7)9-10-12(17)14(2,3)4/h11,16H,8-10H2,1-7H3. The van der Waals surface area contributed by atoms with Crippen LogP contribution in [0.25, 0.3) is 0 Å². The van der Waals surface area contributed by atoms with Crippen LogP contribution in [0.3, 0.4) is 0 Å². The molecule has 0 aliphatic heterocycles. The fraction of sp³-hybridized carbons (Fsp3) is 0.867. The largest absolute Gasteiger partial charge is 0.465 e. The van der Waals surface area contributed by atoms with Crippen LogP contribution >= 0.6 is 0 Å². The summed E-state index contributed by atoms with van der Waals surface area (Å²) in [6.07, 6.45) is 0.863. The predicted octanol–water partition coefficient (Wildman–Crippen LogP) is 2.70. The molecule has 0 aromatic carbocycles. The summed E-state index contributed by atoms with van der Waals surface area (Å²) in [5, 5.41) is 3.22. The van der Waals surface area contributed by atoms with Crippen molar-refractivity contribution in [3.63, 3.8) is 0 Å². The van der Waals surface area contributed by atoms with Crippen LogP contribution in [0.1, 0.15) is 61.3 Å². The molecule has 0 bridgehead atoms. The Morgan fingerprint density at radius 1 is 1.11 bits per heavy atom. The summed E-state index contributed by atoms with van der Waals surface area (Å²) in [5.41, 5.74) is -0.552. The van der Waals surface area contributed by atoms with Crippen molar-refractivity contribution < 1.29 is 14.3 Å². The molecule has 112 valence electrons. The summed E-state index contributed by atoms with van der Waals surface area (Å²) in [5.74, 6) is -0.114. The SMILES string of the molecule is CCOC(=O)C(CCC(=O)C(C)(C)C)NC(C)(C)C. The molecule has 1 atom stereocenters. The van der Waals surface area contributed by atoms with E-state index >= 15 is 0 Å². The molecule has 0 aliphatic carbocycles. The van der Waals surface area contributed by atoms with Gasteiger partial charge in [-0.1, -0.05) is 20.8 Å². The van der Waals surface area contributed by atoms with Gasteiger partial charge in [0.15, 0.2) is 0 Å². The van der Waals surface area contributed by atoms with Crippen LogP contribution in [0.4, 0.5) is 0 Å². The second-order valence-electron chi connectivity index (χ2n) is 6.91. The minimum atomic E-state index is -0.425. The maximum absolute atomic E-state index is 11.9. The van der Waals surface area contributed by atoms with Gasteiger partial charge >= 0.3 is 5.97 Å². The molecular weight excluding hydrogens is 242 g/mol. The molecular formula is C15H29NO3. The average molecular weight is 271 g/mol. The number of Topliss-reactive ketones (excluding diaryl/α,β-unsaturated/α-hetero) is 1. The Labute approximate surface area is 117 Å². The first-order chi connectivity index (χ1) is 8.47. The van der Waals surface area contributed by atoms with Crippen molar-refractivity contribution in [2.45, 2.75) is 72.9 Å². The van der Waals surface area contributed by atoms with Crippen molar-refractivity contribution in [3.8, 4) is 0 Å². The zero-order valence-corrected chi connectivity index (χ0v) is 13.4. The lowest BCUT2D eigenvalue weighted by atomic mass is 9.87. The van der Waals surface area contributed by atoms with Gasteiger partial charge in [-0.2, -0.15) is 0 Å². The van der Waals surface area contributed by atoms with Crippen molar-refractivity contribution in [2.75, 3.05) is 6.61 Å². The molecule has 0 fully saturated rings. The van der Waals surface area contributed by atoms with Gasteiger partial charge < -0.3 is 4.74 Å². The highest BCUT2D eigenvalue weighted by Crippen LogP contribution is 2.19. The zero-order valence-electron chi connectivity index (χ0n) is 13.4. The second-order valence-corrected chi connectivity index (χ2v) is 6.91. The number of rotatable bonds is 6. The normalized spacial score (nSPS) is 14.1.